The number of hydrogen-bond acceptors (Lipinski definition) is 9. The van der Waals surface area contributed by atoms with E-state index >= 15 is 8.78 Å². The van der Waals surface area contributed by atoms with E-state index in [1.807, 2.05) is 4.90 Å². The van der Waals surface area contributed by atoms with Crippen LogP contribution in [0.15, 0.2) is 34.5 Å². The first kappa shape index (κ1) is 26.8. The summed E-state index contributed by atoms with van der Waals surface area (Å²) in [4.78, 5) is 29.1. The second-order valence-corrected chi connectivity index (χ2v) is 12.7. The van der Waals surface area contributed by atoms with Gasteiger partial charge in [0, 0.05) is 43.6 Å². The van der Waals surface area contributed by atoms with Crippen molar-refractivity contribution in [2.75, 3.05) is 31.1 Å². The molecule has 2 atom stereocenters. The number of carbonyl (C=O) groups is 1. The van der Waals surface area contributed by atoms with E-state index in [0.29, 0.717) is 18.0 Å². The molecule has 5 heterocycles. The Morgan fingerprint density at radius 3 is 2.59 bits per heavy atom. The van der Waals surface area contributed by atoms with Crippen molar-refractivity contribution in [2.24, 2.45) is 10.8 Å². The number of fused-ring (bicyclic) bond motifs is 1. The number of nitrogens with zero attached hydrogens (tertiary/aromatic N) is 7. The Balaban J connectivity index is 1.22. The molecule has 41 heavy (non-hydrogen) atoms. The fourth-order valence-electron chi connectivity index (χ4n) is 5.85. The minimum absolute atomic E-state index is 0.0492. The first-order valence-corrected chi connectivity index (χ1v) is 14.1. The SMILES string of the molecule is CC1(C(=O)N2CC3(C2)CN(c2ncnc4ncsc24)CC3c2nnc(C(F)(F)c3ccc(Cl)c(Cl)c3)o2)CC1(F)F. The van der Waals surface area contributed by atoms with E-state index in [4.69, 9.17) is 27.6 Å². The lowest BCUT2D eigenvalue weighted by molar-refractivity contribution is -0.152. The number of thiazole rings is 1. The second-order valence-electron chi connectivity index (χ2n) is 11.0. The number of amides is 1. The number of aromatic nitrogens is 5. The van der Waals surface area contributed by atoms with Crippen LogP contribution in [0.5, 0.6) is 0 Å². The highest BCUT2D eigenvalue weighted by molar-refractivity contribution is 7.17. The summed E-state index contributed by atoms with van der Waals surface area (Å²) in [5.74, 6) is -8.33. The first-order valence-electron chi connectivity index (χ1n) is 12.5. The molecule has 3 fully saturated rings. The van der Waals surface area contributed by atoms with Gasteiger partial charge in [0.25, 0.3) is 11.8 Å². The van der Waals surface area contributed by atoms with E-state index in [2.05, 4.69) is 25.1 Å². The highest BCUT2D eigenvalue weighted by Crippen LogP contribution is 2.62. The van der Waals surface area contributed by atoms with E-state index in [9.17, 15) is 13.6 Å². The van der Waals surface area contributed by atoms with Crippen LogP contribution in [0.25, 0.3) is 10.3 Å². The Labute approximate surface area is 243 Å². The van der Waals surface area contributed by atoms with Crippen molar-refractivity contribution in [3.8, 4) is 0 Å². The molecule has 4 aromatic rings. The Morgan fingerprint density at radius 1 is 1.12 bits per heavy atom. The molecule has 1 saturated carbocycles. The van der Waals surface area contributed by atoms with Gasteiger partial charge in [-0.1, -0.05) is 29.3 Å². The van der Waals surface area contributed by atoms with Gasteiger partial charge >= 0.3 is 5.92 Å². The molecular formula is C25H19Cl2F4N7O2S. The average Bonchev–Trinajstić information content (AvgIpc) is 3.47. The lowest BCUT2D eigenvalue weighted by Crippen LogP contribution is -2.63. The molecule has 0 bridgehead atoms. The second kappa shape index (κ2) is 8.71. The zero-order chi connectivity index (χ0) is 28.9. The van der Waals surface area contributed by atoms with Crippen LogP contribution in [-0.4, -0.2) is 68.1 Å². The molecule has 2 aliphatic heterocycles. The van der Waals surface area contributed by atoms with E-state index in [1.165, 1.54) is 35.6 Å². The fraction of sp³-hybridized carbons (Fsp3) is 0.440. The summed E-state index contributed by atoms with van der Waals surface area (Å²) >= 11 is 13.2. The smallest absolute Gasteiger partial charge is 0.349 e. The van der Waals surface area contributed by atoms with Gasteiger partial charge in [-0.15, -0.1) is 21.5 Å². The molecule has 1 amide bonds. The molecule has 0 radical (unpaired) electrons. The molecule has 1 spiro atoms. The fourth-order valence-corrected chi connectivity index (χ4v) is 6.91. The predicted molar refractivity (Wildman–Crippen MR) is 141 cm³/mol. The summed E-state index contributed by atoms with van der Waals surface area (Å²) in [6.07, 6.45) is 0.881. The third kappa shape index (κ3) is 3.93. The molecule has 16 heteroatoms. The topological polar surface area (TPSA) is 101 Å². The van der Waals surface area contributed by atoms with Gasteiger partial charge in [-0.25, -0.2) is 23.7 Å². The summed E-state index contributed by atoms with van der Waals surface area (Å²) in [7, 11) is 0. The van der Waals surface area contributed by atoms with Crippen LogP contribution in [0.4, 0.5) is 23.4 Å². The Hall–Kier alpha value is -3.10. The van der Waals surface area contributed by atoms with Gasteiger partial charge < -0.3 is 14.2 Å². The third-order valence-corrected chi connectivity index (χ3v) is 9.93. The first-order chi connectivity index (χ1) is 19.3. The zero-order valence-electron chi connectivity index (χ0n) is 21.1. The van der Waals surface area contributed by atoms with Crippen molar-refractivity contribution < 1.29 is 26.8 Å². The van der Waals surface area contributed by atoms with Crippen LogP contribution in [-0.2, 0) is 10.7 Å². The maximum Gasteiger partial charge on any atom is 0.349 e. The molecule has 9 nitrogen and oxygen atoms in total. The molecule has 214 valence electrons. The van der Waals surface area contributed by atoms with E-state index in [-0.39, 0.29) is 35.6 Å². The van der Waals surface area contributed by atoms with Crippen LogP contribution in [0.1, 0.15) is 36.6 Å². The molecule has 3 aromatic heterocycles. The van der Waals surface area contributed by atoms with Crippen LogP contribution in [0.2, 0.25) is 10.0 Å². The average molecular weight is 628 g/mol. The van der Waals surface area contributed by atoms with Gasteiger partial charge in [-0.3, -0.25) is 4.79 Å². The molecule has 2 unspecified atom stereocenters. The Bertz CT molecular complexity index is 1710. The van der Waals surface area contributed by atoms with Crippen molar-refractivity contribution in [3.63, 3.8) is 0 Å². The van der Waals surface area contributed by atoms with Crippen LogP contribution in [0, 0.1) is 10.8 Å². The third-order valence-electron chi connectivity index (χ3n) is 8.38. The van der Waals surface area contributed by atoms with Gasteiger partial charge in [0.1, 0.15) is 16.4 Å². The zero-order valence-corrected chi connectivity index (χ0v) is 23.5. The lowest BCUT2D eigenvalue weighted by Gasteiger charge is -2.50. The van der Waals surface area contributed by atoms with Crippen molar-refractivity contribution in [1.29, 1.82) is 0 Å². The Morgan fingerprint density at radius 2 is 1.88 bits per heavy atom. The van der Waals surface area contributed by atoms with E-state index < -0.39 is 52.4 Å². The normalized spacial score (nSPS) is 24.7. The number of likely N-dealkylation sites (tertiary alicyclic amines) is 1. The number of hydrogen-bond donors (Lipinski definition) is 0. The number of alkyl halides is 4. The predicted octanol–water partition coefficient (Wildman–Crippen LogP) is 5.39. The molecule has 2 saturated heterocycles. The minimum atomic E-state index is -3.67. The monoisotopic (exact) mass is 627 g/mol. The van der Waals surface area contributed by atoms with E-state index in [0.717, 1.165) is 16.8 Å². The van der Waals surface area contributed by atoms with Crippen molar-refractivity contribution in [3.05, 3.63) is 57.4 Å². The number of rotatable bonds is 5. The lowest BCUT2D eigenvalue weighted by atomic mass is 9.71. The minimum Gasteiger partial charge on any atom is -0.419 e. The molecule has 3 aliphatic rings. The summed E-state index contributed by atoms with van der Waals surface area (Å²) in [6, 6.07) is 3.40. The maximum atomic E-state index is 15.4. The van der Waals surface area contributed by atoms with Gasteiger partial charge in [0.15, 0.2) is 11.5 Å². The van der Waals surface area contributed by atoms with Crippen LogP contribution >= 0.6 is 34.5 Å². The number of halogens is 6. The summed E-state index contributed by atoms with van der Waals surface area (Å²) in [6.45, 7) is 2.10. The molecular weight excluding hydrogens is 609 g/mol. The van der Waals surface area contributed by atoms with Crippen molar-refractivity contribution in [2.45, 2.75) is 31.1 Å². The standard InChI is InChI=1S/C25H19Cl2F4N7O2S/c1-22(6-24(22,28)29)21(39)38-8-23(9-38)7-37(18-16-17(32-10-33-18)34-11-41-16)5-13(23)19-35-36-20(40-19)25(30,31)12-2-3-14(26)15(27)4-12/h2-4,10-11,13H,5-9H2,1H3. The highest BCUT2D eigenvalue weighted by atomic mass is 35.5. The van der Waals surface area contributed by atoms with Gasteiger partial charge in [0.05, 0.1) is 21.5 Å². The molecule has 1 aliphatic carbocycles. The van der Waals surface area contributed by atoms with Crippen molar-refractivity contribution in [1.82, 2.24) is 30.0 Å². The van der Waals surface area contributed by atoms with E-state index in [1.54, 1.807) is 5.51 Å². The maximum absolute atomic E-state index is 15.4. The van der Waals surface area contributed by atoms with Gasteiger partial charge in [-0.2, -0.15) is 8.78 Å². The van der Waals surface area contributed by atoms with Crippen LogP contribution < -0.4 is 4.90 Å². The highest BCUT2D eigenvalue weighted by Gasteiger charge is 2.75. The van der Waals surface area contributed by atoms with Crippen molar-refractivity contribution >= 4 is 56.6 Å². The quantitative estimate of drug-likeness (QED) is 0.271. The molecule has 1 aromatic carbocycles. The molecule has 7 rings (SSSR count). The van der Waals surface area contributed by atoms with Gasteiger partial charge in [-0.05, 0) is 19.1 Å². The summed E-state index contributed by atoms with van der Waals surface area (Å²) in [5, 5.41) is 7.73. The molecule has 0 N–H and O–H groups in total. The number of benzene rings is 1. The number of carbonyl (C=O) groups excluding carboxylic acids is 1. The van der Waals surface area contributed by atoms with Gasteiger partial charge in [0.2, 0.25) is 11.8 Å². The summed E-state index contributed by atoms with van der Waals surface area (Å²) in [5.41, 5.74) is -0.780. The summed E-state index contributed by atoms with van der Waals surface area (Å²) < 4.78 is 65.1. The van der Waals surface area contributed by atoms with Crippen LogP contribution in [0.3, 0.4) is 0 Å². The Kier molecular flexibility index (Phi) is 5.69. The largest absolute Gasteiger partial charge is 0.419 e. The number of anilines is 1.